The fraction of sp³-hybridized carbons (Fsp3) is 0.389. The minimum absolute atomic E-state index is 0.00575. The molecule has 3 heterocycles. The van der Waals surface area contributed by atoms with Gasteiger partial charge in [0, 0.05) is 13.1 Å². The number of carbonyl (C=O) groups is 2. The maximum absolute atomic E-state index is 12.3. The number of hydrogen-bond donors (Lipinski definition) is 2. The van der Waals surface area contributed by atoms with E-state index in [1.54, 1.807) is 17.0 Å². The molecule has 2 amide bonds. The van der Waals surface area contributed by atoms with Gasteiger partial charge < -0.3 is 28.7 Å². The summed E-state index contributed by atoms with van der Waals surface area (Å²) in [5.74, 6) is 0.448. The van der Waals surface area contributed by atoms with Crippen LogP contribution < -0.4 is 20.4 Å². The van der Waals surface area contributed by atoms with Gasteiger partial charge in [0.1, 0.15) is 12.8 Å². The van der Waals surface area contributed by atoms with Crippen LogP contribution in [-0.2, 0) is 11.3 Å². The van der Waals surface area contributed by atoms with Crippen molar-refractivity contribution in [1.82, 2.24) is 10.2 Å². The molecule has 144 valence electrons. The lowest BCUT2D eigenvalue weighted by molar-refractivity contribution is -0.918. The summed E-state index contributed by atoms with van der Waals surface area (Å²) in [5.41, 5.74) is -0.328. The van der Waals surface area contributed by atoms with Gasteiger partial charge in [-0.05, 0) is 12.1 Å². The van der Waals surface area contributed by atoms with E-state index in [-0.39, 0.29) is 29.6 Å². The molecule has 27 heavy (non-hydrogen) atoms. The highest BCUT2D eigenvalue weighted by Crippen LogP contribution is 2.07. The van der Waals surface area contributed by atoms with Gasteiger partial charge in [-0.2, -0.15) is 0 Å². The van der Waals surface area contributed by atoms with Crippen molar-refractivity contribution in [2.24, 2.45) is 0 Å². The van der Waals surface area contributed by atoms with Crippen molar-refractivity contribution < 1.29 is 28.1 Å². The SMILES string of the molecule is CNC(=O)COc1coc(C[NH+]2CCN(C(=O)c3ccco3)CC2)cc1=O. The molecule has 1 aliphatic rings. The number of likely N-dealkylation sites (N-methyl/N-ethyl adjacent to an activating group) is 1. The van der Waals surface area contributed by atoms with E-state index in [0.29, 0.717) is 31.2 Å². The number of carbonyl (C=O) groups excluding carboxylic acids is 2. The molecule has 9 nitrogen and oxygen atoms in total. The lowest BCUT2D eigenvalue weighted by Crippen LogP contribution is -3.13. The molecular formula is C18H22N3O6+. The topological polar surface area (TPSA) is 106 Å². The summed E-state index contributed by atoms with van der Waals surface area (Å²) in [6.45, 7) is 2.99. The van der Waals surface area contributed by atoms with E-state index in [1.807, 2.05) is 0 Å². The molecule has 0 saturated carbocycles. The first-order valence-corrected chi connectivity index (χ1v) is 8.68. The van der Waals surface area contributed by atoms with Gasteiger partial charge in [-0.1, -0.05) is 0 Å². The van der Waals surface area contributed by atoms with Gasteiger partial charge in [0.2, 0.25) is 11.2 Å². The number of nitrogens with one attached hydrogen (secondary N) is 2. The molecule has 2 aromatic heterocycles. The van der Waals surface area contributed by atoms with Crippen LogP contribution >= 0.6 is 0 Å². The number of ether oxygens (including phenoxy) is 1. The molecule has 0 aromatic carbocycles. The maximum Gasteiger partial charge on any atom is 0.289 e. The highest BCUT2D eigenvalue weighted by Gasteiger charge is 2.26. The van der Waals surface area contributed by atoms with Crippen LogP contribution in [0.4, 0.5) is 0 Å². The highest BCUT2D eigenvalue weighted by molar-refractivity contribution is 5.91. The number of piperazine rings is 1. The average Bonchev–Trinajstić information content (AvgIpc) is 3.22. The predicted octanol–water partition coefficient (Wildman–Crippen LogP) is -1.10. The maximum atomic E-state index is 12.3. The zero-order valence-corrected chi connectivity index (χ0v) is 15.0. The molecule has 0 spiro atoms. The van der Waals surface area contributed by atoms with E-state index in [2.05, 4.69) is 5.32 Å². The Kier molecular flexibility index (Phi) is 5.92. The normalized spacial score (nSPS) is 14.8. The number of amides is 2. The van der Waals surface area contributed by atoms with E-state index in [0.717, 1.165) is 13.1 Å². The van der Waals surface area contributed by atoms with Crippen molar-refractivity contribution >= 4 is 11.8 Å². The smallest absolute Gasteiger partial charge is 0.289 e. The molecule has 3 rings (SSSR count). The minimum Gasteiger partial charge on any atom is -0.477 e. The van der Waals surface area contributed by atoms with Gasteiger partial charge in [0.15, 0.2) is 18.1 Å². The minimum atomic E-state index is -0.329. The molecule has 0 atom stereocenters. The number of quaternary nitrogens is 1. The van der Waals surface area contributed by atoms with Crippen molar-refractivity contribution in [2.45, 2.75) is 6.54 Å². The molecule has 0 unspecified atom stereocenters. The zero-order valence-electron chi connectivity index (χ0n) is 15.0. The van der Waals surface area contributed by atoms with Gasteiger partial charge in [-0.15, -0.1) is 0 Å². The molecule has 1 aliphatic heterocycles. The molecule has 1 saturated heterocycles. The molecule has 9 heteroatoms. The van der Waals surface area contributed by atoms with Crippen LogP contribution in [0.15, 0.2) is 44.4 Å². The fourth-order valence-electron chi connectivity index (χ4n) is 2.86. The number of furan rings is 1. The summed E-state index contributed by atoms with van der Waals surface area (Å²) in [5, 5.41) is 2.41. The van der Waals surface area contributed by atoms with Crippen molar-refractivity contribution in [3.8, 4) is 5.75 Å². The van der Waals surface area contributed by atoms with Crippen LogP contribution in [0.25, 0.3) is 0 Å². The van der Waals surface area contributed by atoms with Crippen LogP contribution in [0.3, 0.4) is 0 Å². The van der Waals surface area contributed by atoms with Crippen molar-refractivity contribution in [2.75, 3.05) is 39.8 Å². The van der Waals surface area contributed by atoms with E-state index >= 15 is 0 Å². The summed E-state index contributed by atoms with van der Waals surface area (Å²) >= 11 is 0. The monoisotopic (exact) mass is 376 g/mol. The number of hydrogen-bond acceptors (Lipinski definition) is 6. The molecule has 0 radical (unpaired) electrons. The highest BCUT2D eigenvalue weighted by atomic mass is 16.5. The first-order valence-electron chi connectivity index (χ1n) is 8.68. The van der Waals surface area contributed by atoms with Crippen LogP contribution in [0.2, 0.25) is 0 Å². The molecule has 0 bridgehead atoms. The molecule has 0 aliphatic carbocycles. The largest absolute Gasteiger partial charge is 0.477 e. The third-order valence-corrected chi connectivity index (χ3v) is 4.40. The van der Waals surface area contributed by atoms with Crippen molar-refractivity contribution in [1.29, 1.82) is 0 Å². The van der Waals surface area contributed by atoms with Gasteiger partial charge in [0.05, 0.1) is 32.4 Å². The quantitative estimate of drug-likeness (QED) is 0.663. The fourth-order valence-corrected chi connectivity index (χ4v) is 2.86. The van der Waals surface area contributed by atoms with Crippen LogP contribution in [0.5, 0.6) is 5.75 Å². The Morgan fingerprint density at radius 1 is 1.30 bits per heavy atom. The third kappa shape index (κ3) is 4.76. The van der Waals surface area contributed by atoms with E-state index < -0.39 is 0 Å². The first-order chi connectivity index (χ1) is 13.1. The number of nitrogens with zero attached hydrogens (tertiary/aromatic N) is 1. The summed E-state index contributed by atoms with van der Waals surface area (Å²) in [6, 6.07) is 4.73. The second-order valence-corrected chi connectivity index (χ2v) is 6.23. The predicted molar refractivity (Wildman–Crippen MR) is 93.6 cm³/mol. The Morgan fingerprint density at radius 3 is 2.70 bits per heavy atom. The van der Waals surface area contributed by atoms with Crippen LogP contribution in [0.1, 0.15) is 16.3 Å². The number of rotatable bonds is 6. The van der Waals surface area contributed by atoms with E-state index in [1.165, 1.54) is 30.5 Å². The second-order valence-electron chi connectivity index (χ2n) is 6.23. The summed E-state index contributed by atoms with van der Waals surface area (Å²) in [4.78, 5) is 38.5. The summed E-state index contributed by atoms with van der Waals surface area (Å²) < 4.78 is 15.8. The Hall–Kier alpha value is -3.07. The summed E-state index contributed by atoms with van der Waals surface area (Å²) in [7, 11) is 1.49. The summed E-state index contributed by atoms with van der Waals surface area (Å²) in [6.07, 6.45) is 2.72. The Balaban J connectivity index is 1.51. The molecule has 2 aromatic rings. The standard InChI is InChI=1S/C18H21N3O6/c1-19-17(23)12-27-16-11-26-13(9-14(16)22)10-20-4-6-21(7-5-20)18(24)15-3-2-8-25-15/h2-3,8-9,11H,4-7,10,12H2,1H3,(H,19,23)/p+1. The average molecular weight is 376 g/mol. The molecule has 2 N–H and O–H groups in total. The van der Waals surface area contributed by atoms with E-state index in [9.17, 15) is 14.4 Å². The second kappa shape index (κ2) is 8.54. The van der Waals surface area contributed by atoms with Gasteiger partial charge >= 0.3 is 0 Å². The molecular weight excluding hydrogens is 354 g/mol. The van der Waals surface area contributed by atoms with Gasteiger partial charge in [-0.3, -0.25) is 14.4 Å². The third-order valence-electron chi connectivity index (χ3n) is 4.40. The van der Waals surface area contributed by atoms with Crippen LogP contribution in [0, 0.1) is 0 Å². The Bertz CT molecular complexity index is 837. The lowest BCUT2D eigenvalue weighted by Gasteiger charge is -2.31. The van der Waals surface area contributed by atoms with Crippen molar-refractivity contribution in [3.63, 3.8) is 0 Å². The van der Waals surface area contributed by atoms with Crippen molar-refractivity contribution in [3.05, 3.63) is 52.5 Å². The van der Waals surface area contributed by atoms with Gasteiger partial charge in [0.25, 0.3) is 11.8 Å². The Morgan fingerprint density at radius 2 is 2.07 bits per heavy atom. The first kappa shape index (κ1) is 18.7. The van der Waals surface area contributed by atoms with E-state index in [4.69, 9.17) is 13.6 Å². The zero-order chi connectivity index (χ0) is 19.2. The van der Waals surface area contributed by atoms with Gasteiger partial charge in [-0.25, -0.2) is 0 Å². The Labute approximate surface area is 155 Å². The lowest BCUT2D eigenvalue weighted by atomic mass is 10.2. The van der Waals surface area contributed by atoms with Crippen LogP contribution in [-0.4, -0.2) is 56.5 Å². The molecule has 1 fully saturated rings.